The maximum Gasteiger partial charge on any atom is 0.335 e. The molecule has 1 aromatic rings. The van der Waals surface area contributed by atoms with E-state index in [1.54, 1.807) is 25.2 Å². The zero-order valence-corrected chi connectivity index (χ0v) is 12.3. The van der Waals surface area contributed by atoms with E-state index >= 15 is 0 Å². The number of ether oxygens (including phenoxy) is 1. The van der Waals surface area contributed by atoms with Crippen LogP contribution in [0.3, 0.4) is 0 Å². The van der Waals surface area contributed by atoms with Gasteiger partial charge < -0.3 is 14.7 Å². The summed E-state index contributed by atoms with van der Waals surface area (Å²) >= 11 is 9.19. The minimum atomic E-state index is -1.10. The summed E-state index contributed by atoms with van der Waals surface area (Å²) in [6.45, 7) is -0.223. The monoisotopic (exact) mass is 347 g/mol. The highest BCUT2D eigenvalue weighted by molar-refractivity contribution is 9.10. The molecule has 1 fully saturated rings. The lowest BCUT2D eigenvalue weighted by atomic mass is 9.98. The number of hydrogen-bond acceptors (Lipinski definition) is 3. The SMILES string of the molecule is CN1C(=O)COC(C(=O)O)C1c1ccc(Cl)c(Br)c1. The summed E-state index contributed by atoms with van der Waals surface area (Å²) in [4.78, 5) is 24.3. The van der Waals surface area contributed by atoms with E-state index < -0.39 is 18.1 Å². The molecule has 0 aromatic heterocycles. The quantitative estimate of drug-likeness (QED) is 0.889. The van der Waals surface area contributed by atoms with Crippen molar-refractivity contribution < 1.29 is 19.4 Å². The van der Waals surface area contributed by atoms with Gasteiger partial charge in [-0.1, -0.05) is 17.7 Å². The van der Waals surface area contributed by atoms with Crippen molar-refractivity contribution in [2.24, 2.45) is 0 Å². The van der Waals surface area contributed by atoms with Crippen molar-refractivity contribution in [1.29, 1.82) is 0 Å². The highest BCUT2D eigenvalue weighted by atomic mass is 79.9. The first kappa shape index (κ1) is 14.3. The van der Waals surface area contributed by atoms with Crippen LogP contribution in [0.15, 0.2) is 22.7 Å². The van der Waals surface area contributed by atoms with Gasteiger partial charge in [0.1, 0.15) is 6.61 Å². The lowest BCUT2D eigenvalue weighted by Gasteiger charge is -2.37. The van der Waals surface area contributed by atoms with Crippen LogP contribution in [0.2, 0.25) is 5.02 Å². The molecule has 1 heterocycles. The van der Waals surface area contributed by atoms with Crippen LogP contribution >= 0.6 is 27.5 Å². The Morgan fingerprint density at radius 3 is 2.84 bits per heavy atom. The van der Waals surface area contributed by atoms with Crippen LogP contribution in [0.4, 0.5) is 0 Å². The van der Waals surface area contributed by atoms with Crippen molar-refractivity contribution in [2.45, 2.75) is 12.1 Å². The maximum atomic E-state index is 11.7. The summed E-state index contributed by atoms with van der Waals surface area (Å²) < 4.78 is 5.76. The summed E-state index contributed by atoms with van der Waals surface area (Å²) in [7, 11) is 1.56. The number of carbonyl (C=O) groups is 2. The number of benzene rings is 1. The van der Waals surface area contributed by atoms with Gasteiger partial charge in [0.25, 0.3) is 0 Å². The molecule has 0 bridgehead atoms. The molecule has 19 heavy (non-hydrogen) atoms. The van der Waals surface area contributed by atoms with Crippen LogP contribution in [0, 0.1) is 0 Å². The Hall–Kier alpha value is -1.11. The normalized spacial score (nSPS) is 23.5. The van der Waals surface area contributed by atoms with E-state index in [2.05, 4.69) is 15.9 Å². The van der Waals surface area contributed by atoms with Crippen molar-refractivity contribution in [3.8, 4) is 0 Å². The van der Waals surface area contributed by atoms with Gasteiger partial charge >= 0.3 is 5.97 Å². The summed E-state index contributed by atoms with van der Waals surface area (Å²) in [6, 6.07) is 4.35. The topological polar surface area (TPSA) is 66.8 Å². The molecule has 1 aliphatic rings. The van der Waals surface area contributed by atoms with Gasteiger partial charge in [0, 0.05) is 11.5 Å². The van der Waals surface area contributed by atoms with Crippen LogP contribution in [0.5, 0.6) is 0 Å². The van der Waals surface area contributed by atoms with E-state index in [0.29, 0.717) is 15.1 Å². The molecule has 2 atom stereocenters. The van der Waals surface area contributed by atoms with E-state index in [1.807, 2.05) is 0 Å². The smallest absolute Gasteiger partial charge is 0.335 e. The number of carboxylic acids is 1. The Morgan fingerprint density at radius 2 is 2.26 bits per heavy atom. The van der Waals surface area contributed by atoms with Crippen LogP contribution < -0.4 is 0 Å². The standard InChI is InChI=1S/C12H11BrClNO4/c1-15-9(16)5-19-11(12(17)18)10(15)6-2-3-8(14)7(13)4-6/h2-4,10-11H,5H2,1H3,(H,17,18). The molecule has 1 aliphatic heterocycles. The Balaban J connectivity index is 2.43. The second-order valence-corrected chi connectivity index (χ2v) is 5.45. The van der Waals surface area contributed by atoms with E-state index in [-0.39, 0.29) is 12.5 Å². The van der Waals surface area contributed by atoms with E-state index in [0.717, 1.165) is 0 Å². The molecule has 5 nitrogen and oxygen atoms in total. The molecular weight excluding hydrogens is 337 g/mol. The predicted molar refractivity (Wildman–Crippen MR) is 72.0 cm³/mol. The average molecular weight is 349 g/mol. The molecule has 2 unspecified atom stereocenters. The third kappa shape index (κ3) is 2.75. The molecule has 0 saturated carbocycles. The molecule has 0 aliphatic carbocycles. The Labute approximate surface area is 123 Å². The Bertz CT molecular complexity index is 536. The summed E-state index contributed by atoms with van der Waals surface area (Å²) in [6.07, 6.45) is -1.09. The number of hydrogen-bond donors (Lipinski definition) is 1. The highest BCUT2D eigenvalue weighted by Gasteiger charge is 2.40. The summed E-state index contributed by atoms with van der Waals surface area (Å²) in [5.41, 5.74) is 0.652. The largest absolute Gasteiger partial charge is 0.479 e. The van der Waals surface area contributed by atoms with Gasteiger partial charge in [-0.25, -0.2) is 4.79 Å². The number of halogens is 2. The first-order chi connectivity index (χ1) is 8.91. The average Bonchev–Trinajstić information content (AvgIpc) is 2.35. The molecule has 1 saturated heterocycles. The van der Waals surface area contributed by atoms with Crippen LogP contribution in [0.1, 0.15) is 11.6 Å². The van der Waals surface area contributed by atoms with Crippen molar-refractivity contribution in [1.82, 2.24) is 4.90 Å². The highest BCUT2D eigenvalue weighted by Crippen LogP contribution is 2.33. The molecule has 1 N–H and O–H groups in total. The third-order valence-corrected chi connectivity index (χ3v) is 4.23. The number of carboxylic acid groups (broad SMARTS) is 1. The van der Waals surface area contributed by atoms with Crippen LogP contribution in [-0.2, 0) is 14.3 Å². The van der Waals surface area contributed by atoms with Crippen molar-refractivity contribution >= 4 is 39.4 Å². The summed E-state index contributed by atoms with van der Waals surface area (Å²) in [5, 5.41) is 9.71. The van der Waals surface area contributed by atoms with Crippen LogP contribution in [0.25, 0.3) is 0 Å². The fourth-order valence-electron chi connectivity index (χ4n) is 2.01. The number of morpholine rings is 1. The predicted octanol–water partition coefficient (Wildman–Crippen LogP) is 2.09. The Kier molecular flexibility index (Phi) is 4.13. The number of rotatable bonds is 2. The zero-order chi connectivity index (χ0) is 14.2. The molecular formula is C12H11BrClNO4. The second-order valence-electron chi connectivity index (χ2n) is 4.19. The number of amides is 1. The molecule has 0 spiro atoms. The zero-order valence-electron chi connectivity index (χ0n) is 9.97. The number of carbonyl (C=O) groups excluding carboxylic acids is 1. The van der Waals surface area contributed by atoms with E-state index in [4.69, 9.17) is 16.3 Å². The van der Waals surface area contributed by atoms with Gasteiger partial charge in [-0.05, 0) is 33.6 Å². The first-order valence-electron chi connectivity index (χ1n) is 5.47. The molecule has 7 heteroatoms. The summed E-state index contributed by atoms with van der Waals surface area (Å²) in [5.74, 6) is -1.36. The van der Waals surface area contributed by atoms with Crippen molar-refractivity contribution in [2.75, 3.05) is 13.7 Å². The molecule has 2 rings (SSSR count). The first-order valence-corrected chi connectivity index (χ1v) is 6.64. The minimum Gasteiger partial charge on any atom is -0.479 e. The number of nitrogens with zero attached hydrogens (tertiary/aromatic N) is 1. The second kappa shape index (κ2) is 5.48. The van der Waals surface area contributed by atoms with E-state index in [9.17, 15) is 14.7 Å². The third-order valence-electron chi connectivity index (χ3n) is 3.01. The van der Waals surface area contributed by atoms with Crippen molar-refractivity contribution in [3.05, 3.63) is 33.3 Å². The fraction of sp³-hybridized carbons (Fsp3) is 0.333. The van der Waals surface area contributed by atoms with Gasteiger partial charge in [-0.15, -0.1) is 0 Å². The maximum absolute atomic E-state index is 11.7. The minimum absolute atomic E-state index is 0.223. The van der Waals surface area contributed by atoms with Crippen molar-refractivity contribution in [3.63, 3.8) is 0 Å². The van der Waals surface area contributed by atoms with E-state index in [1.165, 1.54) is 4.90 Å². The van der Waals surface area contributed by atoms with Gasteiger partial charge in [-0.2, -0.15) is 0 Å². The lowest BCUT2D eigenvalue weighted by molar-refractivity contribution is -0.171. The molecule has 0 radical (unpaired) electrons. The van der Waals surface area contributed by atoms with Gasteiger partial charge in [0.2, 0.25) is 5.91 Å². The number of aliphatic carboxylic acids is 1. The van der Waals surface area contributed by atoms with Gasteiger partial charge in [-0.3, -0.25) is 4.79 Å². The molecule has 102 valence electrons. The number of likely N-dealkylation sites (N-methyl/N-ethyl adjacent to an activating group) is 1. The van der Waals surface area contributed by atoms with Gasteiger partial charge in [0.05, 0.1) is 11.1 Å². The molecule has 1 aromatic carbocycles. The Morgan fingerprint density at radius 1 is 1.58 bits per heavy atom. The van der Waals surface area contributed by atoms with Crippen LogP contribution in [-0.4, -0.2) is 41.6 Å². The fourth-order valence-corrected chi connectivity index (χ4v) is 2.53. The molecule has 1 amide bonds. The lowest BCUT2D eigenvalue weighted by Crippen LogP contribution is -2.50. The van der Waals surface area contributed by atoms with Gasteiger partial charge in [0.15, 0.2) is 6.10 Å².